The zero-order valence-corrected chi connectivity index (χ0v) is 38.4. The Morgan fingerprint density at radius 3 is 0.576 bits per heavy atom. The Morgan fingerprint density at radius 1 is 0.212 bits per heavy atom. The van der Waals surface area contributed by atoms with E-state index in [1.54, 1.807) is 0 Å². The van der Waals surface area contributed by atoms with Crippen LogP contribution >= 0.6 is 0 Å². The van der Waals surface area contributed by atoms with Crippen molar-refractivity contribution in [2.24, 2.45) is 0 Å². The summed E-state index contributed by atoms with van der Waals surface area (Å²) < 4.78 is 0. The molecule has 0 saturated carbocycles. The second kappa shape index (κ2) is 17.9. The van der Waals surface area contributed by atoms with Gasteiger partial charge in [0.2, 0.25) is 0 Å². The van der Waals surface area contributed by atoms with E-state index in [2.05, 4.69) is 242 Å². The van der Waals surface area contributed by atoms with Crippen LogP contribution in [0.2, 0.25) is 0 Å². The number of rotatable bonds is 3. The number of fused-ring (bicyclic) bond motifs is 6. The summed E-state index contributed by atoms with van der Waals surface area (Å²) in [5.41, 5.74) is 21.5. The van der Waals surface area contributed by atoms with Gasteiger partial charge in [0.05, 0.1) is 33.1 Å². The monoisotopic (exact) mass is 849 g/mol. The predicted molar refractivity (Wildman–Crippen MR) is 282 cm³/mol. The summed E-state index contributed by atoms with van der Waals surface area (Å²) in [6.07, 6.45) is 0. The Balaban J connectivity index is 0.000000116. The van der Waals surface area contributed by atoms with Crippen LogP contribution in [0.5, 0.6) is 0 Å². The van der Waals surface area contributed by atoms with Gasteiger partial charge in [0.15, 0.2) is 0 Å². The molecule has 0 aliphatic heterocycles. The lowest BCUT2D eigenvalue weighted by atomic mass is 9.94. The molecule has 0 saturated heterocycles. The number of nitrogens with zero attached hydrogens (tertiary/aromatic N) is 3. The fourth-order valence-corrected chi connectivity index (χ4v) is 9.26. The first-order chi connectivity index (χ1) is 32.2. The van der Waals surface area contributed by atoms with Crippen LogP contribution in [0.1, 0.15) is 33.4 Å². The summed E-state index contributed by atoms with van der Waals surface area (Å²) in [7, 11) is 0. The second-order valence-electron chi connectivity index (χ2n) is 17.7. The molecule has 12 aromatic rings. The van der Waals surface area contributed by atoms with Gasteiger partial charge in [-0.1, -0.05) is 161 Å². The molecule has 3 nitrogen and oxygen atoms in total. The van der Waals surface area contributed by atoms with Gasteiger partial charge >= 0.3 is 0 Å². The Labute approximate surface area is 387 Å². The van der Waals surface area contributed by atoms with Crippen molar-refractivity contribution in [1.82, 2.24) is 15.0 Å². The number of pyridine rings is 3. The zero-order chi connectivity index (χ0) is 45.3. The second-order valence-corrected chi connectivity index (χ2v) is 17.7. The molecule has 0 aliphatic rings. The molecule has 3 heterocycles. The van der Waals surface area contributed by atoms with Crippen molar-refractivity contribution in [3.63, 3.8) is 0 Å². The first-order valence-corrected chi connectivity index (χ1v) is 22.8. The Morgan fingerprint density at radius 2 is 0.394 bits per heavy atom. The molecule has 3 heteroatoms. The van der Waals surface area contributed by atoms with E-state index in [4.69, 9.17) is 15.0 Å². The van der Waals surface area contributed by atoms with Gasteiger partial charge < -0.3 is 0 Å². The van der Waals surface area contributed by atoms with Crippen LogP contribution in [0.4, 0.5) is 0 Å². The number of hydrogen-bond acceptors (Lipinski definition) is 3. The first-order valence-electron chi connectivity index (χ1n) is 22.8. The highest BCUT2D eigenvalue weighted by Crippen LogP contribution is 2.38. The van der Waals surface area contributed by atoms with Crippen molar-refractivity contribution in [2.45, 2.75) is 41.5 Å². The van der Waals surface area contributed by atoms with Crippen LogP contribution in [-0.4, -0.2) is 15.0 Å². The van der Waals surface area contributed by atoms with Gasteiger partial charge in [-0.3, -0.25) is 0 Å². The molecular weight excluding hydrogens is 799 g/mol. The molecule has 0 bridgehead atoms. The molecule has 0 atom stereocenters. The molecule has 0 spiro atoms. The van der Waals surface area contributed by atoms with Crippen LogP contribution in [-0.2, 0) is 0 Å². The highest BCUT2D eigenvalue weighted by Gasteiger charge is 2.14. The quantitative estimate of drug-likeness (QED) is 0.166. The van der Waals surface area contributed by atoms with Crippen LogP contribution < -0.4 is 0 Å². The van der Waals surface area contributed by atoms with Gasteiger partial charge in [-0.05, 0) is 131 Å². The first kappa shape index (κ1) is 42.0. The minimum absolute atomic E-state index is 1.06. The van der Waals surface area contributed by atoms with Gasteiger partial charge in [-0.2, -0.15) is 0 Å². The lowest BCUT2D eigenvalue weighted by molar-refractivity contribution is 1.43. The molecule has 0 aliphatic carbocycles. The molecule has 9 aromatic carbocycles. The normalized spacial score (nSPS) is 11.2. The maximum Gasteiger partial charge on any atom is 0.0716 e. The van der Waals surface area contributed by atoms with E-state index in [1.807, 2.05) is 0 Å². The Kier molecular flexibility index (Phi) is 11.4. The highest BCUT2D eigenvalue weighted by molar-refractivity contribution is 6.12. The number of benzene rings is 9. The van der Waals surface area contributed by atoms with Gasteiger partial charge in [0, 0.05) is 49.0 Å². The molecule has 0 radical (unpaired) electrons. The van der Waals surface area contributed by atoms with E-state index in [0.717, 1.165) is 33.1 Å². The third-order valence-corrected chi connectivity index (χ3v) is 12.4. The van der Waals surface area contributed by atoms with Crippen LogP contribution in [0.25, 0.3) is 98.8 Å². The molecular formula is C63H51N3. The van der Waals surface area contributed by atoms with Crippen molar-refractivity contribution in [2.75, 3.05) is 0 Å². The Hall–Kier alpha value is -8.01. The maximum atomic E-state index is 4.85. The maximum absolute atomic E-state index is 4.85. The summed E-state index contributed by atoms with van der Waals surface area (Å²) in [5.74, 6) is 0. The SMILES string of the molecule is Cc1ccc2nc3ccc(C)cc3c(-c3ccccc3)c2c1.Cc1ccc2nc3ccc(C)cc3c(-c3ccccc3)c2c1.Cc1ccc2nc3ccc(C)cc3c(-c3ccccc3)c2c1. The smallest absolute Gasteiger partial charge is 0.0716 e. The van der Waals surface area contributed by atoms with Crippen LogP contribution in [0, 0.1) is 41.5 Å². The molecule has 12 rings (SSSR count). The van der Waals surface area contributed by atoms with Gasteiger partial charge in [0.1, 0.15) is 0 Å². The lowest BCUT2D eigenvalue weighted by Crippen LogP contribution is -1.90. The Bertz CT molecular complexity index is 3170. The molecule has 0 fully saturated rings. The number of aromatic nitrogens is 3. The van der Waals surface area contributed by atoms with Crippen LogP contribution in [0.3, 0.4) is 0 Å². The molecule has 0 unspecified atom stereocenters. The molecule has 0 amide bonds. The van der Waals surface area contributed by atoms with E-state index < -0.39 is 0 Å². The van der Waals surface area contributed by atoms with Crippen molar-refractivity contribution < 1.29 is 0 Å². The van der Waals surface area contributed by atoms with E-state index in [-0.39, 0.29) is 0 Å². The van der Waals surface area contributed by atoms with Crippen molar-refractivity contribution in [3.05, 3.63) is 234 Å². The molecule has 318 valence electrons. The minimum Gasteiger partial charge on any atom is -0.248 e. The summed E-state index contributed by atoms with van der Waals surface area (Å²) in [5, 5.41) is 7.36. The molecule has 66 heavy (non-hydrogen) atoms. The van der Waals surface area contributed by atoms with Gasteiger partial charge in [0.25, 0.3) is 0 Å². The predicted octanol–water partition coefficient (Wildman–Crippen LogP) is 17.0. The number of aryl methyl sites for hydroxylation is 6. The summed E-state index contributed by atoms with van der Waals surface area (Å²) in [4.78, 5) is 14.5. The van der Waals surface area contributed by atoms with Gasteiger partial charge in [-0.15, -0.1) is 0 Å². The topological polar surface area (TPSA) is 38.7 Å². The van der Waals surface area contributed by atoms with E-state index in [1.165, 1.54) is 99.1 Å². The fourth-order valence-electron chi connectivity index (χ4n) is 9.26. The highest BCUT2D eigenvalue weighted by atomic mass is 14.7. The van der Waals surface area contributed by atoms with Crippen molar-refractivity contribution in [1.29, 1.82) is 0 Å². The molecule has 3 aromatic heterocycles. The zero-order valence-electron chi connectivity index (χ0n) is 38.4. The minimum atomic E-state index is 1.06. The average Bonchev–Trinajstić information content (AvgIpc) is 3.33. The summed E-state index contributed by atoms with van der Waals surface area (Å²) >= 11 is 0. The number of hydrogen-bond donors (Lipinski definition) is 0. The largest absolute Gasteiger partial charge is 0.248 e. The molecule has 0 N–H and O–H groups in total. The van der Waals surface area contributed by atoms with Gasteiger partial charge in [-0.25, -0.2) is 15.0 Å². The van der Waals surface area contributed by atoms with Crippen LogP contribution in [0.15, 0.2) is 200 Å². The fraction of sp³-hybridized carbons (Fsp3) is 0.0952. The lowest BCUT2D eigenvalue weighted by Gasteiger charge is -2.12. The average molecular weight is 850 g/mol. The van der Waals surface area contributed by atoms with E-state index in [9.17, 15) is 0 Å². The summed E-state index contributed by atoms with van der Waals surface area (Å²) in [6, 6.07) is 70.8. The third-order valence-electron chi connectivity index (χ3n) is 12.4. The van der Waals surface area contributed by atoms with Crippen molar-refractivity contribution in [3.8, 4) is 33.4 Å². The van der Waals surface area contributed by atoms with E-state index in [0.29, 0.717) is 0 Å². The van der Waals surface area contributed by atoms with E-state index >= 15 is 0 Å². The standard InChI is InChI=1S/3C21H17N/c3*1-14-8-10-19-17(12-14)21(16-6-4-3-5-7-16)18-13-15(2)9-11-20(18)22-19/h3*3-13H,1-2H3. The summed E-state index contributed by atoms with van der Waals surface area (Å²) in [6.45, 7) is 12.8. The van der Waals surface area contributed by atoms with Crippen molar-refractivity contribution >= 4 is 65.4 Å². The third kappa shape index (κ3) is 8.40.